The minimum Gasteiger partial charge on any atom is -0.481 e. The summed E-state index contributed by atoms with van der Waals surface area (Å²) in [5.74, 6) is -0.840. The number of aryl methyl sites for hydroxylation is 1. The third kappa shape index (κ3) is 5.27. The highest BCUT2D eigenvalue weighted by Gasteiger charge is 2.11. The van der Waals surface area contributed by atoms with Gasteiger partial charge < -0.3 is 15.7 Å². The summed E-state index contributed by atoms with van der Waals surface area (Å²) in [5.41, 5.74) is 1.18. The first-order chi connectivity index (χ1) is 9.41. The van der Waals surface area contributed by atoms with Crippen molar-refractivity contribution >= 4 is 40.9 Å². The first kappa shape index (κ1) is 16.6. The molecule has 7 heteroatoms. The number of anilines is 1. The van der Waals surface area contributed by atoms with E-state index in [9.17, 15) is 9.59 Å². The summed E-state index contributed by atoms with van der Waals surface area (Å²) in [5, 5.41) is 14.4. The Bertz CT molecular complexity index is 507. The molecule has 0 bridgehead atoms. The maximum absolute atomic E-state index is 11.7. The first-order valence-electron chi connectivity index (χ1n) is 6.13. The van der Waals surface area contributed by atoms with Crippen molar-refractivity contribution in [2.45, 2.75) is 26.2 Å². The van der Waals surface area contributed by atoms with Crippen LogP contribution in [-0.2, 0) is 4.79 Å². The van der Waals surface area contributed by atoms with Crippen molar-refractivity contribution < 1.29 is 14.7 Å². The van der Waals surface area contributed by atoms with Gasteiger partial charge in [0.25, 0.3) is 0 Å². The summed E-state index contributed by atoms with van der Waals surface area (Å²) in [7, 11) is 0. The quantitative estimate of drug-likeness (QED) is 0.700. The van der Waals surface area contributed by atoms with Crippen LogP contribution in [0.4, 0.5) is 10.5 Å². The van der Waals surface area contributed by atoms with Gasteiger partial charge in [0, 0.05) is 13.0 Å². The van der Waals surface area contributed by atoms with Crippen LogP contribution in [0.15, 0.2) is 12.1 Å². The van der Waals surface area contributed by atoms with Gasteiger partial charge in [-0.1, -0.05) is 29.3 Å². The van der Waals surface area contributed by atoms with Gasteiger partial charge in [-0.3, -0.25) is 4.79 Å². The van der Waals surface area contributed by atoms with Crippen molar-refractivity contribution in [3.8, 4) is 0 Å². The number of urea groups is 1. The zero-order valence-corrected chi connectivity index (χ0v) is 12.5. The number of halogens is 2. The van der Waals surface area contributed by atoms with Crippen molar-refractivity contribution in [3.05, 3.63) is 27.7 Å². The molecule has 0 aliphatic heterocycles. The average Bonchev–Trinajstić information content (AvgIpc) is 2.38. The van der Waals surface area contributed by atoms with Crippen molar-refractivity contribution in [2.75, 3.05) is 11.9 Å². The van der Waals surface area contributed by atoms with E-state index < -0.39 is 12.0 Å². The van der Waals surface area contributed by atoms with Gasteiger partial charge >= 0.3 is 12.0 Å². The van der Waals surface area contributed by atoms with Gasteiger partial charge in [0.15, 0.2) is 0 Å². The second-order valence-electron chi connectivity index (χ2n) is 4.29. The third-order valence-corrected chi connectivity index (χ3v) is 3.43. The molecule has 2 amide bonds. The Morgan fingerprint density at radius 1 is 1.25 bits per heavy atom. The van der Waals surface area contributed by atoms with E-state index in [0.717, 1.165) is 5.56 Å². The van der Waals surface area contributed by atoms with E-state index >= 15 is 0 Å². The van der Waals surface area contributed by atoms with Gasteiger partial charge in [0.2, 0.25) is 0 Å². The highest BCUT2D eigenvalue weighted by atomic mass is 35.5. The van der Waals surface area contributed by atoms with Crippen molar-refractivity contribution in [3.63, 3.8) is 0 Å². The van der Waals surface area contributed by atoms with Gasteiger partial charge in [0.05, 0.1) is 15.7 Å². The molecule has 3 N–H and O–H groups in total. The fraction of sp³-hybridized carbons (Fsp3) is 0.385. The molecule has 0 fully saturated rings. The van der Waals surface area contributed by atoms with Crippen LogP contribution < -0.4 is 10.6 Å². The predicted molar refractivity (Wildman–Crippen MR) is 79.7 cm³/mol. The largest absolute Gasteiger partial charge is 0.481 e. The molecule has 0 spiro atoms. The zero-order valence-electron chi connectivity index (χ0n) is 11.0. The lowest BCUT2D eigenvalue weighted by Gasteiger charge is -2.12. The second-order valence-corrected chi connectivity index (χ2v) is 5.07. The third-order valence-electron chi connectivity index (χ3n) is 2.63. The summed E-state index contributed by atoms with van der Waals surface area (Å²) < 4.78 is 0. The Hall–Kier alpha value is -1.46. The van der Waals surface area contributed by atoms with E-state index in [4.69, 9.17) is 28.3 Å². The Balaban J connectivity index is 2.43. The lowest BCUT2D eigenvalue weighted by atomic mass is 10.2. The number of benzene rings is 1. The molecule has 0 aliphatic rings. The van der Waals surface area contributed by atoms with Crippen LogP contribution in [0, 0.1) is 6.92 Å². The smallest absolute Gasteiger partial charge is 0.319 e. The van der Waals surface area contributed by atoms with Crippen LogP contribution in [0.1, 0.15) is 24.8 Å². The zero-order chi connectivity index (χ0) is 15.1. The molecule has 0 atom stereocenters. The molecule has 110 valence electrons. The molecule has 1 aromatic carbocycles. The highest BCUT2D eigenvalue weighted by Crippen LogP contribution is 2.32. The Morgan fingerprint density at radius 3 is 2.60 bits per heavy atom. The van der Waals surface area contributed by atoms with E-state index in [1.165, 1.54) is 0 Å². The van der Waals surface area contributed by atoms with Gasteiger partial charge in [-0.05, 0) is 31.4 Å². The van der Waals surface area contributed by atoms with Crippen LogP contribution in [0.2, 0.25) is 10.0 Å². The maximum atomic E-state index is 11.7. The number of carboxylic acid groups (broad SMARTS) is 1. The molecule has 0 unspecified atom stereocenters. The first-order valence-corrected chi connectivity index (χ1v) is 6.88. The van der Waals surface area contributed by atoms with E-state index in [0.29, 0.717) is 35.1 Å². The van der Waals surface area contributed by atoms with Crippen LogP contribution >= 0.6 is 23.2 Å². The minimum absolute atomic E-state index is 0.0961. The highest BCUT2D eigenvalue weighted by molar-refractivity contribution is 6.40. The Morgan fingerprint density at radius 2 is 1.95 bits per heavy atom. The molecule has 0 heterocycles. The van der Waals surface area contributed by atoms with Crippen molar-refractivity contribution in [2.24, 2.45) is 0 Å². The van der Waals surface area contributed by atoms with E-state index in [1.54, 1.807) is 12.1 Å². The van der Waals surface area contributed by atoms with Gasteiger partial charge in [-0.15, -0.1) is 0 Å². The fourth-order valence-corrected chi connectivity index (χ4v) is 2.00. The minimum atomic E-state index is -0.840. The summed E-state index contributed by atoms with van der Waals surface area (Å²) in [6.07, 6.45) is 1.20. The summed E-state index contributed by atoms with van der Waals surface area (Å²) in [6.45, 7) is 2.20. The number of aliphatic carboxylic acids is 1. The molecular weight excluding hydrogens is 303 g/mol. The average molecular weight is 319 g/mol. The lowest BCUT2D eigenvalue weighted by molar-refractivity contribution is -0.137. The van der Waals surface area contributed by atoms with E-state index in [2.05, 4.69) is 10.6 Å². The molecule has 5 nitrogen and oxygen atoms in total. The number of rotatable bonds is 6. The topological polar surface area (TPSA) is 78.4 Å². The number of unbranched alkanes of at least 4 members (excludes halogenated alkanes) is 1. The Labute approximate surface area is 127 Å². The summed E-state index contributed by atoms with van der Waals surface area (Å²) >= 11 is 12.0. The second kappa shape index (κ2) is 7.97. The molecule has 0 aromatic heterocycles. The molecule has 1 rings (SSSR count). The molecule has 0 aliphatic carbocycles. The summed E-state index contributed by atoms with van der Waals surface area (Å²) in [6, 6.07) is 3.00. The normalized spacial score (nSPS) is 10.2. The molecule has 0 radical (unpaired) electrons. The van der Waals surface area contributed by atoms with Crippen molar-refractivity contribution in [1.29, 1.82) is 0 Å². The van der Waals surface area contributed by atoms with Crippen LogP contribution in [-0.4, -0.2) is 23.7 Å². The van der Waals surface area contributed by atoms with Crippen LogP contribution in [0.3, 0.4) is 0 Å². The monoisotopic (exact) mass is 318 g/mol. The van der Waals surface area contributed by atoms with Gasteiger partial charge in [-0.25, -0.2) is 4.79 Å². The molecule has 0 saturated heterocycles. The fourth-order valence-electron chi connectivity index (χ4n) is 1.53. The number of carboxylic acids is 1. The predicted octanol–water partition coefficient (Wildman–Crippen LogP) is 3.68. The van der Waals surface area contributed by atoms with Gasteiger partial charge in [-0.2, -0.15) is 0 Å². The molecule has 0 saturated carbocycles. The van der Waals surface area contributed by atoms with Gasteiger partial charge in [0.1, 0.15) is 0 Å². The SMILES string of the molecule is Cc1ccc(Cl)c(NC(=O)NCCCCC(=O)O)c1Cl. The molecule has 20 heavy (non-hydrogen) atoms. The standard InChI is InChI=1S/C13H16Cl2N2O3/c1-8-5-6-9(14)12(11(8)15)17-13(20)16-7-3-2-4-10(18)19/h5-6H,2-4,7H2,1H3,(H,18,19)(H2,16,17,20). The summed E-state index contributed by atoms with van der Waals surface area (Å²) in [4.78, 5) is 22.0. The Kier molecular flexibility index (Phi) is 6.61. The van der Waals surface area contributed by atoms with E-state index in [-0.39, 0.29) is 6.42 Å². The number of nitrogens with one attached hydrogen (secondary N) is 2. The lowest BCUT2D eigenvalue weighted by Crippen LogP contribution is -2.29. The van der Waals surface area contributed by atoms with Crippen molar-refractivity contribution in [1.82, 2.24) is 5.32 Å². The number of carbonyl (C=O) groups is 2. The maximum Gasteiger partial charge on any atom is 0.319 e. The van der Waals surface area contributed by atoms with Crippen LogP contribution in [0.25, 0.3) is 0 Å². The number of amides is 2. The molecule has 1 aromatic rings. The van der Waals surface area contributed by atoms with Crippen LogP contribution in [0.5, 0.6) is 0 Å². The van der Waals surface area contributed by atoms with E-state index in [1.807, 2.05) is 6.92 Å². The number of hydrogen-bond donors (Lipinski definition) is 3. The molecular formula is C13H16Cl2N2O3. The number of carbonyl (C=O) groups excluding carboxylic acids is 1. The number of hydrogen-bond acceptors (Lipinski definition) is 2.